The van der Waals surface area contributed by atoms with Crippen LogP contribution in [0.15, 0.2) is 29.2 Å². The molecule has 1 spiro atoms. The summed E-state index contributed by atoms with van der Waals surface area (Å²) in [7, 11) is 0. The number of benzene rings is 1. The predicted octanol–water partition coefficient (Wildman–Crippen LogP) is 4.81. The molecule has 2 N–H and O–H groups in total. The van der Waals surface area contributed by atoms with Gasteiger partial charge in [0.2, 0.25) is 5.91 Å². The van der Waals surface area contributed by atoms with Crippen LogP contribution in [0.1, 0.15) is 46.5 Å². The van der Waals surface area contributed by atoms with Crippen LogP contribution in [0.25, 0.3) is 0 Å². The van der Waals surface area contributed by atoms with Gasteiger partial charge in [-0.25, -0.2) is 4.79 Å². The van der Waals surface area contributed by atoms with Gasteiger partial charge in [0.05, 0.1) is 11.4 Å². The summed E-state index contributed by atoms with van der Waals surface area (Å²) in [6, 6.07) is 5.51. The molecule has 6 nitrogen and oxygen atoms in total. The number of nitrogens with zero attached hydrogens (tertiary/aromatic N) is 1. The molecule has 0 radical (unpaired) electrons. The van der Waals surface area contributed by atoms with Crippen LogP contribution in [0, 0.1) is 11.3 Å². The molecule has 2 fully saturated rings. The van der Waals surface area contributed by atoms with E-state index in [1.165, 1.54) is 12.1 Å². The van der Waals surface area contributed by atoms with Crippen molar-refractivity contribution in [1.82, 2.24) is 10.2 Å². The van der Waals surface area contributed by atoms with Gasteiger partial charge in [-0.15, -0.1) is 11.8 Å². The summed E-state index contributed by atoms with van der Waals surface area (Å²) in [5.41, 5.74) is -0.650. The number of urea groups is 1. The molecule has 0 atom stereocenters. The molecule has 1 saturated carbocycles. The topological polar surface area (TPSA) is 78.5 Å². The van der Waals surface area contributed by atoms with Gasteiger partial charge in [-0.05, 0) is 49.1 Å². The first-order chi connectivity index (χ1) is 14.8. The summed E-state index contributed by atoms with van der Waals surface area (Å²) in [6.07, 6.45) is -1.69. The fraction of sp³-hybridized carbons (Fsp3) is 0.591. The van der Waals surface area contributed by atoms with E-state index in [1.54, 1.807) is 12.1 Å². The Labute approximate surface area is 189 Å². The van der Waals surface area contributed by atoms with Gasteiger partial charge in [0.25, 0.3) is 5.91 Å². The van der Waals surface area contributed by atoms with E-state index >= 15 is 0 Å². The van der Waals surface area contributed by atoms with Crippen molar-refractivity contribution in [1.29, 1.82) is 0 Å². The Kier molecular flexibility index (Phi) is 6.83. The highest BCUT2D eigenvalue weighted by molar-refractivity contribution is 7.99. The minimum absolute atomic E-state index is 0.115. The Morgan fingerprint density at radius 2 is 1.81 bits per heavy atom. The SMILES string of the molecule is CC(C)(C)C1CCC2(CC1)NC(=O)N(CC(=O)Nc1ccccc1SCC(F)(F)F)C2=O. The van der Waals surface area contributed by atoms with Crippen molar-refractivity contribution in [3.8, 4) is 0 Å². The first-order valence-electron chi connectivity index (χ1n) is 10.5. The molecule has 1 aromatic rings. The number of halogens is 3. The highest BCUT2D eigenvalue weighted by Gasteiger charge is 2.53. The lowest BCUT2D eigenvalue weighted by molar-refractivity contribution is -0.135. The highest BCUT2D eigenvalue weighted by atomic mass is 32.2. The van der Waals surface area contributed by atoms with Crippen molar-refractivity contribution in [2.75, 3.05) is 17.6 Å². The summed E-state index contributed by atoms with van der Waals surface area (Å²) in [4.78, 5) is 39.2. The Morgan fingerprint density at radius 1 is 1.19 bits per heavy atom. The maximum atomic E-state index is 13.1. The molecule has 0 unspecified atom stereocenters. The normalized spacial score (nSPS) is 24.1. The fourth-order valence-electron chi connectivity index (χ4n) is 4.32. The highest BCUT2D eigenvalue weighted by Crippen LogP contribution is 2.43. The van der Waals surface area contributed by atoms with Crippen LogP contribution < -0.4 is 10.6 Å². The molecule has 4 amide bonds. The van der Waals surface area contributed by atoms with Crippen LogP contribution >= 0.6 is 11.8 Å². The molecule has 1 heterocycles. The molecule has 0 aromatic heterocycles. The number of carbonyl (C=O) groups is 3. The van der Waals surface area contributed by atoms with Crippen LogP contribution in [-0.4, -0.2) is 46.8 Å². The second kappa shape index (κ2) is 8.96. The van der Waals surface area contributed by atoms with Gasteiger partial charge in [0.1, 0.15) is 12.1 Å². The third-order valence-corrected chi connectivity index (χ3v) is 7.30. The minimum atomic E-state index is -4.35. The molecule has 1 aromatic carbocycles. The summed E-state index contributed by atoms with van der Waals surface area (Å²) in [5.74, 6) is -1.70. The number of imide groups is 1. The van der Waals surface area contributed by atoms with E-state index in [2.05, 4.69) is 31.4 Å². The average Bonchev–Trinajstić information content (AvgIpc) is 2.90. The summed E-state index contributed by atoms with van der Waals surface area (Å²) in [5, 5.41) is 5.32. The van der Waals surface area contributed by atoms with Crippen molar-refractivity contribution in [2.24, 2.45) is 11.3 Å². The number of hydrogen-bond donors (Lipinski definition) is 2. The number of thioether (sulfide) groups is 1. The van der Waals surface area contributed by atoms with E-state index in [1.807, 2.05) is 0 Å². The number of anilines is 1. The molecule has 32 heavy (non-hydrogen) atoms. The zero-order valence-electron chi connectivity index (χ0n) is 18.3. The van der Waals surface area contributed by atoms with Crippen molar-refractivity contribution < 1.29 is 27.6 Å². The third-order valence-electron chi connectivity index (χ3n) is 6.16. The standard InChI is InChI=1S/C22H28F3N3O3S/c1-20(2,3)14-8-10-21(11-9-14)18(30)28(19(31)27-21)12-17(29)26-15-6-4-5-7-16(15)32-13-22(23,24)25/h4-7,14H,8-13H2,1-3H3,(H,26,29)(H,27,31). The molecule has 2 aliphatic rings. The Morgan fingerprint density at radius 3 is 2.41 bits per heavy atom. The van der Waals surface area contributed by atoms with Gasteiger partial charge >= 0.3 is 12.2 Å². The third kappa shape index (κ3) is 5.57. The van der Waals surface area contributed by atoms with Crippen molar-refractivity contribution in [2.45, 2.75) is 63.1 Å². The number of para-hydroxylation sites is 1. The van der Waals surface area contributed by atoms with Crippen molar-refractivity contribution in [3.05, 3.63) is 24.3 Å². The van der Waals surface area contributed by atoms with Crippen LogP contribution in [0.5, 0.6) is 0 Å². The largest absolute Gasteiger partial charge is 0.398 e. The van der Waals surface area contributed by atoms with E-state index in [4.69, 9.17) is 0 Å². The molecule has 10 heteroatoms. The predicted molar refractivity (Wildman–Crippen MR) is 116 cm³/mol. The lowest BCUT2D eigenvalue weighted by atomic mass is 9.67. The maximum Gasteiger partial charge on any atom is 0.398 e. The lowest BCUT2D eigenvalue weighted by Crippen LogP contribution is -2.51. The number of hydrogen-bond acceptors (Lipinski definition) is 4. The number of alkyl halides is 3. The van der Waals surface area contributed by atoms with Gasteiger partial charge in [-0.2, -0.15) is 13.2 Å². The fourth-order valence-corrected chi connectivity index (χ4v) is 5.09. The molecular formula is C22H28F3N3O3S. The number of rotatable bonds is 5. The summed E-state index contributed by atoms with van der Waals surface area (Å²) < 4.78 is 37.7. The molecule has 0 bridgehead atoms. The molecule has 176 valence electrons. The van der Waals surface area contributed by atoms with E-state index in [9.17, 15) is 27.6 Å². The molecule has 1 aliphatic heterocycles. The van der Waals surface area contributed by atoms with Crippen LogP contribution in [-0.2, 0) is 9.59 Å². The maximum absolute atomic E-state index is 13.1. The monoisotopic (exact) mass is 471 g/mol. The number of amides is 4. The van der Waals surface area contributed by atoms with Gasteiger partial charge in [0, 0.05) is 4.90 Å². The molecule has 1 saturated heterocycles. The first-order valence-corrected chi connectivity index (χ1v) is 11.5. The Balaban J connectivity index is 1.63. The van der Waals surface area contributed by atoms with E-state index in [-0.39, 0.29) is 16.0 Å². The number of nitrogens with one attached hydrogen (secondary N) is 2. The van der Waals surface area contributed by atoms with Crippen molar-refractivity contribution in [3.63, 3.8) is 0 Å². The van der Waals surface area contributed by atoms with Crippen molar-refractivity contribution >= 4 is 35.3 Å². The Bertz CT molecular complexity index is 890. The minimum Gasteiger partial charge on any atom is -0.324 e. The lowest BCUT2D eigenvalue weighted by Gasteiger charge is -2.40. The van der Waals surface area contributed by atoms with Gasteiger partial charge in [-0.1, -0.05) is 32.9 Å². The van der Waals surface area contributed by atoms with Gasteiger partial charge < -0.3 is 10.6 Å². The molecular weight excluding hydrogens is 443 g/mol. The van der Waals surface area contributed by atoms with Crippen LogP contribution in [0.4, 0.5) is 23.7 Å². The second-order valence-electron chi connectivity index (χ2n) is 9.49. The number of carbonyl (C=O) groups excluding carboxylic acids is 3. The zero-order chi connectivity index (χ0) is 23.7. The van der Waals surface area contributed by atoms with E-state index in [0.29, 0.717) is 30.5 Å². The summed E-state index contributed by atoms with van der Waals surface area (Å²) in [6.45, 7) is 5.98. The van der Waals surface area contributed by atoms with Crippen LogP contribution in [0.2, 0.25) is 0 Å². The van der Waals surface area contributed by atoms with E-state index in [0.717, 1.165) is 17.7 Å². The quantitative estimate of drug-likeness (QED) is 0.477. The summed E-state index contributed by atoms with van der Waals surface area (Å²) >= 11 is 0.560. The zero-order valence-corrected chi connectivity index (χ0v) is 19.2. The second-order valence-corrected chi connectivity index (χ2v) is 10.5. The smallest absolute Gasteiger partial charge is 0.324 e. The van der Waals surface area contributed by atoms with Crippen LogP contribution in [0.3, 0.4) is 0 Å². The molecule has 1 aliphatic carbocycles. The van der Waals surface area contributed by atoms with E-state index < -0.39 is 41.9 Å². The van der Waals surface area contributed by atoms with Gasteiger partial charge in [0.15, 0.2) is 0 Å². The first kappa shape index (κ1) is 24.4. The van der Waals surface area contributed by atoms with Gasteiger partial charge in [-0.3, -0.25) is 14.5 Å². The Hall–Kier alpha value is -2.23. The average molecular weight is 472 g/mol. The molecule has 3 rings (SSSR count).